The van der Waals surface area contributed by atoms with Gasteiger partial charge in [0.1, 0.15) is 0 Å². The van der Waals surface area contributed by atoms with Crippen LogP contribution in [0.3, 0.4) is 0 Å². The Morgan fingerprint density at radius 3 is 3.17 bits per heavy atom. The zero-order valence-corrected chi connectivity index (χ0v) is 6.73. The molecule has 0 spiro atoms. The zero-order chi connectivity index (χ0) is 8.81. The first-order valence-corrected chi connectivity index (χ1v) is 3.70. The third-order valence-electron chi connectivity index (χ3n) is 1.38. The summed E-state index contributed by atoms with van der Waals surface area (Å²) >= 11 is 0. The second kappa shape index (κ2) is 4.33. The van der Waals surface area contributed by atoms with Gasteiger partial charge in [0.25, 0.3) is 0 Å². The highest BCUT2D eigenvalue weighted by atomic mass is 16.1. The second-order valence-corrected chi connectivity index (χ2v) is 2.26. The van der Waals surface area contributed by atoms with Gasteiger partial charge in [0, 0.05) is 18.9 Å². The average Bonchev–Trinajstić information content (AvgIpc) is 2.57. The minimum atomic E-state index is -0.151. The maximum absolute atomic E-state index is 10.7. The average molecular weight is 165 g/mol. The monoisotopic (exact) mass is 165 g/mol. The van der Waals surface area contributed by atoms with Gasteiger partial charge in [-0.15, -0.1) is 0 Å². The van der Waals surface area contributed by atoms with Gasteiger partial charge in [-0.2, -0.15) is 5.10 Å². The first-order chi connectivity index (χ1) is 5.83. The first kappa shape index (κ1) is 8.52. The normalized spacial score (nSPS) is 9.33. The fourth-order valence-electron chi connectivity index (χ4n) is 0.799. The van der Waals surface area contributed by atoms with Crippen molar-refractivity contribution in [2.24, 2.45) is 0 Å². The number of hydrogen-bond donors (Lipinski definition) is 1. The molecule has 0 fully saturated rings. The molecule has 1 aromatic heterocycles. The Hall–Kier alpha value is -1.58. The standard InChI is InChI=1S/C8H11N3O/c1-2-8(12)9-5-7-11-6-3-4-10-11/h2-4,6H,1,5,7H2,(H,9,12). The minimum Gasteiger partial charge on any atom is -0.351 e. The second-order valence-electron chi connectivity index (χ2n) is 2.26. The van der Waals surface area contributed by atoms with Crippen LogP contribution in [0.4, 0.5) is 0 Å². The molecule has 0 bridgehead atoms. The van der Waals surface area contributed by atoms with E-state index in [1.807, 2.05) is 12.3 Å². The van der Waals surface area contributed by atoms with Crippen LogP contribution in [0.25, 0.3) is 0 Å². The molecule has 1 N–H and O–H groups in total. The lowest BCUT2D eigenvalue weighted by Crippen LogP contribution is -2.25. The summed E-state index contributed by atoms with van der Waals surface area (Å²) in [4.78, 5) is 10.7. The van der Waals surface area contributed by atoms with Gasteiger partial charge in [0.2, 0.25) is 5.91 Å². The van der Waals surface area contributed by atoms with E-state index in [-0.39, 0.29) is 5.91 Å². The maximum atomic E-state index is 10.7. The predicted octanol–water partition coefficient (Wildman–Crippen LogP) is 0.185. The van der Waals surface area contributed by atoms with Crippen LogP contribution in [0.1, 0.15) is 0 Å². The largest absolute Gasteiger partial charge is 0.351 e. The molecule has 12 heavy (non-hydrogen) atoms. The van der Waals surface area contributed by atoms with Crippen molar-refractivity contribution in [3.05, 3.63) is 31.1 Å². The number of nitrogens with one attached hydrogen (secondary N) is 1. The number of rotatable bonds is 4. The molecule has 1 heterocycles. The first-order valence-electron chi connectivity index (χ1n) is 3.70. The fraction of sp³-hybridized carbons (Fsp3) is 0.250. The lowest BCUT2D eigenvalue weighted by molar-refractivity contribution is -0.116. The molecule has 0 radical (unpaired) electrons. The van der Waals surface area contributed by atoms with Gasteiger partial charge in [-0.1, -0.05) is 6.58 Å². The molecule has 4 nitrogen and oxygen atoms in total. The summed E-state index contributed by atoms with van der Waals surface area (Å²) in [5.41, 5.74) is 0. The molecule has 0 aliphatic carbocycles. The SMILES string of the molecule is C=CC(=O)NCCn1cccn1. The van der Waals surface area contributed by atoms with Gasteiger partial charge >= 0.3 is 0 Å². The Kier molecular flexibility index (Phi) is 3.07. The van der Waals surface area contributed by atoms with Crippen molar-refractivity contribution in [2.45, 2.75) is 6.54 Å². The Bertz CT molecular complexity index is 253. The molecule has 0 aromatic carbocycles. The van der Waals surface area contributed by atoms with Crippen molar-refractivity contribution >= 4 is 5.91 Å². The van der Waals surface area contributed by atoms with Crippen LogP contribution in [0.2, 0.25) is 0 Å². The number of aromatic nitrogens is 2. The van der Waals surface area contributed by atoms with E-state index in [2.05, 4.69) is 17.0 Å². The molecule has 4 heteroatoms. The lowest BCUT2D eigenvalue weighted by atomic mass is 10.5. The molecule has 0 unspecified atom stereocenters. The minimum absolute atomic E-state index is 0.151. The van der Waals surface area contributed by atoms with Crippen molar-refractivity contribution in [1.29, 1.82) is 0 Å². The van der Waals surface area contributed by atoms with E-state index >= 15 is 0 Å². The van der Waals surface area contributed by atoms with Crippen molar-refractivity contribution in [2.75, 3.05) is 6.54 Å². The zero-order valence-electron chi connectivity index (χ0n) is 6.73. The number of nitrogens with zero attached hydrogens (tertiary/aromatic N) is 2. The molecular formula is C8H11N3O. The Balaban J connectivity index is 2.19. The highest BCUT2D eigenvalue weighted by Gasteiger charge is 1.92. The summed E-state index contributed by atoms with van der Waals surface area (Å²) in [6.45, 7) is 4.60. The van der Waals surface area contributed by atoms with Crippen LogP contribution < -0.4 is 5.32 Å². The van der Waals surface area contributed by atoms with Crippen LogP contribution in [-0.2, 0) is 11.3 Å². The van der Waals surface area contributed by atoms with Gasteiger partial charge < -0.3 is 5.32 Å². The van der Waals surface area contributed by atoms with Crippen molar-refractivity contribution in [3.8, 4) is 0 Å². The van der Waals surface area contributed by atoms with Crippen molar-refractivity contribution < 1.29 is 4.79 Å². The number of carbonyl (C=O) groups is 1. The molecular weight excluding hydrogens is 154 g/mol. The molecule has 1 rings (SSSR count). The maximum Gasteiger partial charge on any atom is 0.243 e. The number of carbonyl (C=O) groups excluding carboxylic acids is 1. The van der Waals surface area contributed by atoms with E-state index in [9.17, 15) is 4.79 Å². The molecule has 0 saturated carbocycles. The van der Waals surface area contributed by atoms with E-state index < -0.39 is 0 Å². The Labute approximate surface area is 70.9 Å². The third kappa shape index (κ3) is 2.57. The highest BCUT2D eigenvalue weighted by Crippen LogP contribution is 1.82. The molecule has 0 atom stereocenters. The van der Waals surface area contributed by atoms with E-state index in [0.717, 1.165) is 0 Å². The number of amides is 1. The summed E-state index contributed by atoms with van der Waals surface area (Å²) in [5, 5.41) is 6.63. The van der Waals surface area contributed by atoms with Crippen LogP contribution >= 0.6 is 0 Å². The van der Waals surface area contributed by atoms with Gasteiger partial charge in [0.15, 0.2) is 0 Å². The van der Waals surface area contributed by atoms with Crippen molar-refractivity contribution in [3.63, 3.8) is 0 Å². The summed E-state index contributed by atoms with van der Waals surface area (Å²) in [7, 11) is 0. The van der Waals surface area contributed by atoms with E-state index in [1.54, 1.807) is 10.9 Å². The molecule has 0 aliphatic heterocycles. The lowest BCUT2D eigenvalue weighted by Gasteiger charge is -2.01. The van der Waals surface area contributed by atoms with E-state index in [1.165, 1.54) is 6.08 Å². The van der Waals surface area contributed by atoms with Crippen molar-refractivity contribution in [1.82, 2.24) is 15.1 Å². The fourth-order valence-corrected chi connectivity index (χ4v) is 0.799. The van der Waals surface area contributed by atoms with E-state index in [0.29, 0.717) is 13.1 Å². The Morgan fingerprint density at radius 1 is 1.75 bits per heavy atom. The smallest absolute Gasteiger partial charge is 0.243 e. The molecule has 0 saturated heterocycles. The third-order valence-corrected chi connectivity index (χ3v) is 1.38. The van der Waals surface area contributed by atoms with Crippen LogP contribution in [0.15, 0.2) is 31.1 Å². The predicted molar refractivity (Wildman–Crippen MR) is 45.4 cm³/mol. The summed E-state index contributed by atoms with van der Waals surface area (Å²) in [6, 6.07) is 1.84. The molecule has 64 valence electrons. The van der Waals surface area contributed by atoms with Gasteiger partial charge in [-0.05, 0) is 12.1 Å². The molecule has 1 aromatic rings. The molecule has 0 aliphatic rings. The van der Waals surface area contributed by atoms with E-state index in [4.69, 9.17) is 0 Å². The summed E-state index contributed by atoms with van der Waals surface area (Å²) in [5.74, 6) is -0.151. The van der Waals surface area contributed by atoms with Gasteiger partial charge in [-0.25, -0.2) is 0 Å². The quantitative estimate of drug-likeness (QED) is 0.647. The highest BCUT2D eigenvalue weighted by molar-refractivity contribution is 5.86. The van der Waals surface area contributed by atoms with Crippen LogP contribution in [0, 0.1) is 0 Å². The van der Waals surface area contributed by atoms with Gasteiger partial charge in [0.05, 0.1) is 6.54 Å². The summed E-state index contributed by atoms with van der Waals surface area (Å²) < 4.78 is 1.75. The molecule has 1 amide bonds. The van der Waals surface area contributed by atoms with Gasteiger partial charge in [-0.3, -0.25) is 9.48 Å². The topological polar surface area (TPSA) is 46.9 Å². The number of hydrogen-bond acceptors (Lipinski definition) is 2. The Morgan fingerprint density at radius 2 is 2.58 bits per heavy atom. The van der Waals surface area contributed by atoms with Crippen LogP contribution in [0.5, 0.6) is 0 Å². The van der Waals surface area contributed by atoms with Crippen LogP contribution in [-0.4, -0.2) is 22.2 Å². The summed E-state index contributed by atoms with van der Waals surface area (Å²) in [6.07, 6.45) is 4.80.